The standard InChI is InChI=1S/C23H20Cl2N2O3/c1-26-21-19(3-2-4-20(21)30-14-16-7-11-18(25)12-8-16)22(28)27(23(26)29)13-15-5-9-17(24)10-6-15/h2-12,23,29H,13-14H2,1H3. The fourth-order valence-corrected chi connectivity index (χ4v) is 3.69. The van der Waals surface area contributed by atoms with E-state index in [0.717, 1.165) is 11.1 Å². The molecule has 0 aromatic heterocycles. The van der Waals surface area contributed by atoms with Crippen LogP contribution in [-0.4, -0.2) is 29.3 Å². The van der Waals surface area contributed by atoms with Crippen LogP contribution in [0.2, 0.25) is 10.0 Å². The molecular formula is C23H20Cl2N2O3. The van der Waals surface area contributed by atoms with Crippen molar-refractivity contribution < 1.29 is 14.6 Å². The highest BCUT2D eigenvalue weighted by atomic mass is 35.5. The molecule has 5 nitrogen and oxygen atoms in total. The van der Waals surface area contributed by atoms with E-state index in [1.807, 2.05) is 24.3 Å². The van der Waals surface area contributed by atoms with Crippen molar-refractivity contribution in [2.75, 3.05) is 11.9 Å². The summed E-state index contributed by atoms with van der Waals surface area (Å²) in [6.07, 6.45) is -1.12. The summed E-state index contributed by atoms with van der Waals surface area (Å²) in [4.78, 5) is 16.2. The number of hydrogen-bond acceptors (Lipinski definition) is 4. The Labute approximate surface area is 185 Å². The predicted molar refractivity (Wildman–Crippen MR) is 118 cm³/mol. The Bertz CT molecular complexity index is 1060. The van der Waals surface area contributed by atoms with Crippen molar-refractivity contribution in [3.63, 3.8) is 0 Å². The van der Waals surface area contributed by atoms with E-state index in [9.17, 15) is 9.90 Å². The largest absolute Gasteiger partial charge is 0.487 e. The number of halogens is 2. The number of anilines is 1. The summed E-state index contributed by atoms with van der Waals surface area (Å²) >= 11 is 11.9. The lowest BCUT2D eigenvalue weighted by molar-refractivity contribution is 0.0000498. The van der Waals surface area contributed by atoms with Gasteiger partial charge in [0.15, 0.2) is 0 Å². The third-order valence-corrected chi connectivity index (χ3v) is 5.55. The number of benzene rings is 3. The quantitative estimate of drug-likeness (QED) is 0.607. The van der Waals surface area contributed by atoms with Crippen molar-refractivity contribution in [2.24, 2.45) is 0 Å². The predicted octanol–water partition coefficient (Wildman–Crippen LogP) is 4.94. The summed E-state index contributed by atoms with van der Waals surface area (Å²) < 4.78 is 5.98. The molecule has 3 aromatic rings. The number of hydrogen-bond donors (Lipinski definition) is 1. The second-order valence-corrected chi connectivity index (χ2v) is 7.96. The molecule has 1 aliphatic rings. The van der Waals surface area contributed by atoms with E-state index in [-0.39, 0.29) is 12.5 Å². The van der Waals surface area contributed by atoms with Gasteiger partial charge >= 0.3 is 0 Å². The molecule has 4 rings (SSSR count). The molecule has 0 saturated heterocycles. The molecule has 30 heavy (non-hydrogen) atoms. The molecule has 1 N–H and O–H groups in total. The van der Waals surface area contributed by atoms with Crippen LogP contribution in [-0.2, 0) is 13.2 Å². The van der Waals surface area contributed by atoms with Crippen LogP contribution in [0.5, 0.6) is 5.75 Å². The zero-order chi connectivity index (χ0) is 21.3. The molecular weight excluding hydrogens is 423 g/mol. The Morgan fingerprint density at radius 2 is 1.53 bits per heavy atom. The average Bonchev–Trinajstić information content (AvgIpc) is 2.76. The molecule has 0 bridgehead atoms. The number of para-hydroxylation sites is 1. The lowest BCUT2D eigenvalue weighted by atomic mass is 10.1. The fourth-order valence-electron chi connectivity index (χ4n) is 3.44. The Hall–Kier alpha value is -2.73. The van der Waals surface area contributed by atoms with E-state index in [0.29, 0.717) is 33.7 Å². The van der Waals surface area contributed by atoms with Gasteiger partial charge in [-0.2, -0.15) is 0 Å². The summed E-state index contributed by atoms with van der Waals surface area (Å²) in [5.41, 5.74) is 2.87. The summed E-state index contributed by atoms with van der Waals surface area (Å²) in [5, 5.41) is 12.1. The first-order valence-electron chi connectivity index (χ1n) is 9.40. The Balaban J connectivity index is 1.59. The Morgan fingerprint density at radius 3 is 2.17 bits per heavy atom. The second-order valence-electron chi connectivity index (χ2n) is 7.08. The molecule has 1 heterocycles. The smallest absolute Gasteiger partial charge is 0.259 e. The van der Waals surface area contributed by atoms with Crippen LogP contribution in [0.1, 0.15) is 21.5 Å². The highest BCUT2D eigenvalue weighted by Gasteiger charge is 2.36. The van der Waals surface area contributed by atoms with Crippen LogP contribution >= 0.6 is 23.2 Å². The number of amides is 1. The highest BCUT2D eigenvalue weighted by Crippen LogP contribution is 2.38. The molecule has 0 spiro atoms. The van der Waals surface area contributed by atoms with E-state index in [1.54, 1.807) is 54.4 Å². The van der Waals surface area contributed by atoms with E-state index in [1.165, 1.54) is 4.90 Å². The lowest BCUT2D eigenvalue weighted by Gasteiger charge is -2.41. The minimum atomic E-state index is -1.12. The first-order valence-corrected chi connectivity index (χ1v) is 10.2. The van der Waals surface area contributed by atoms with Crippen LogP contribution in [0.15, 0.2) is 66.7 Å². The maximum atomic E-state index is 13.2. The van der Waals surface area contributed by atoms with Crippen LogP contribution < -0.4 is 9.64 Å². The van der Waals surface area contributed by atoms with E-state index in [4.69, 9.17) is 27.9 Å². The number of ether oxygens (including phenoxy) is 1. The second kappa shape index (κ2) is 8.56. The molecule has 0 radical (unpaired) electrons. The van der Waals surface area contributed by atoms with Gasteiger partial charge in [0.05, 0.1) is 17.8 Å². The number of aliphatic hydroxyl groups is 1. The Morgan fingerprint density at radius 1 is 0.933 bits per heavy atom. The van der Waals surface area contributed by atoms with Gasteiger partial charge in [0.1, 0.15) is 12.4 Å². The van der Waals surface area contributed by atoms with Gasteiger partial charge in [-0.15, -0.1) is 0 Å². The number of fused-ring (bicyclic) bond motifs is 1. The molecule has 154 valence electrons. The van der Waals surface area contributed by atoms with Gasteiger partial charge in [-0.3, -0.25) is 9.69 Å². The average molecular weight is 443 g/mol. The zero-order valence-corrected chi connectivity index (χ0v) is 17.8. The van der Waals surface area contributed by atoms with Gasteiger partial charge in [-0.05, 0) is 47.5 Å². The monoisotopic (exact) mass is 442 g/mol. The van der Waals surface area contributed by atoms with Crippen molar-refractivity contribution in [3.8, 4) is 5.75 Å². The first kappa shape index (κ1) is 20.5. The third kappa shape index (κ3) is 4.10. The molecule has 0 saturated carbocycles. The van der Waals surface area contributed by atoms with Crippen molar-refractivity contribution in [2.45, 2.75) is 19.5 Å². The van der Waals surface area contributed by atoms with Crippen LogP contribution in [0.4, 0.5) is 5.69 Å². The van der Waals surface area contributed by atoms with Crippen LogP contribution in [0.3, 0.4) is 0 Å². The molecule has 7 heteroatoms. The van der Waals surface area contributed by atoms with Gasteiger partial charge in [0.2, 0.25) is 6.35 Å². The molecule has 1 amide bonds. The molecule has 1 atom stereocenters. The topological polar surface area (TPSA) is 53.0 Å². The van der Waals surface area contributed by atoms with Gasteiger partial charge in [-0.25, -0.2) is 0 Å². The van der Waals surface area contributed by atoms with E-state index < -0.39 is 6.35 Å². The van der Waals surface area contributed by atoms with Gasteiger partial charge in [-0.1, -0.05) is 53.5 Å². The number of rotatable bonds is 5. The SMILES string of the molecule is CN1c2c(OCc3ccc(Cl)cc3)cccc2C(=O)N(Cc2ccc(Cl)cc2)C1O. The van der Waals surface area contributed by atoms with E-state index in [2.05, 4.69) is 0 Å². The number of nitrogens with zero attached hydrogens (tertiary/aromatic N) is 2. The maximum absolute atomic E-state index is 13.2. The summed E-state index contributed by atoms with van der Waals surface area (Å²) in [5.74, 6) is 0.269. The van der Waals surface area contributed by atoms with Gasteiger partial charge in [0.25, 0.3) is 5.91 Å². The third-order valence-electron chi connectivity index (χ3n) is 5.04. The Kier molecular flexibility index (Phi) is 5.86. The van der Waals surface area contributed by atoms with Crippen molar-refractivity contribution in [1.29, 1.82) is 0 Å². The molecule has 3 aromatic carbocycles. The van der Waals surface area contributed by atoms with Crippen molar-refractivity contribution in [3.05, 3.63) is 93.5 Å². The first-order chi connectivity index (χ1) is 14.4. The number of aliphatic hydroxyl groups excluding tert-OH is 1. The normalized spacial score (nSPS) is 15.9. The minimum absolute atomic E-state index is 0.261. The van der Waals surface area contributed by atoms with Gasteiger partial charge < -0.3 is 14.7 Å². The molecule has 1 aliphatic heterocycles. The van der Waals surface area contributed by atoms with Crippen molar-refractivity contribution >= 4 is 34.8 Å². The molecule has 1 unspecified atom stereocenters. The lowest BCUT2D eigenvalue weighted by Crippen LogP contribution is -2.53. The summed E-state index contributed by atoms with van der Waals surface area (Å²) in [6.45, 7) is 0.580. The van der Waals surface area contributed by atoms with Crippen LogP contribution in [0, 0.1) is 0 Å². The van der Waals surface area contributed by atoms with Crippen molar-refractivity contribution in [1.82, 2.24) is 4.90 Å². The number of carbonyl (C=O) groups is 1. The minimum Gasteiger partial charge on any atom is -0.487 e. The van der Waals surface area contributed by atoms with E-state index >= 15 is 0 Å². The molecule has 0 aliphatic carbocycles. The zero-order valence-electron chi connectivity index (χ0n) is 16.3. The number of carbonyl (C=O) groups excluding carboxylic acids is 1. The molecule has 0 fully saturated rings. The summed E-state index contributed by atoms with van der Waals surface area (Å²) in [7, 11) is 1.74. The maximum Gasteiger partial charge on any atom is 0.259 e. The fraction of sp³-hybridized carbons (Fsp3) is 0.174. The summed E-state index contributed by atoms with van der Waals surface area (Å²) in [6, 6.07) is 19.9. The highest BCUT2D eigenvalue weighted by molar-refractivity contribution is 6.30. The van der Waals surface area contributed by atoms with Gasteiger partial charge in [0, 0.05) is 17.1 Å². The van der Waals surface area contributed by atoms with Crippen LogP contribution in [0.25, 0.3) is 0 Å².